The minimum absolute atomic E-state index is 0.0501. The Hall–Kier alpha value is -2.88. The predicted octanol–water partition coefficient (Wildman–Crippen LogP) is 3.71. The fraction of sp³-hybridized carbons (Fsp3) is 0.333. The van der Waals surface area contributed by atoms with Crippen molar-refractivity contribution in [2.24, 2.45) is 0 Å². The van der Waals surface area contributed by atoms with Crippen LogP contribution in [0.1, 0.15) is 33.5 Å². The molecule has 9 heteroatoms. The lowest BCUT2D eigenvalue weighted by Crippen LogP contribution is -2.48. The minimum atomic E-state index is -0.0501. The average Bonchev–Trinajstić information content (AvgIpc) is 3.46. The molecule has 0 radical (unpaired) electrons. The Labute approximate surface area is 200 Å². The quantitative estimate of drug-likeness (QED) is 0.436. The van der Waals surface area contributed by atoms with Crippen LogP contribution in [0.2, 0.25) is 0 Å². The van der Waals surface area contributed by atoms with Gasteiger partial charge in [0, 0.05) is 55.9 Å². The largest absolute Gasteiger partial charge is 0.335 e. The highest BCUT2D eigenvalue weighted by molar-refractivity contribution is 7.17. The Morgan fingerprint density at radius 1 is 1.09 bits per heavy atom. The molecule has 7 nitrogen and oxygen atoms in total. The molecular formula is C24H25N5O2S2. The summed E-state index contributed by atoms with van der Waals surface area (Å²) in [7, 11) is 0. The number of aromatic nitrogens is 3. The summed E-state index contributed by atoms with van der Waals surface area (Å²) in [6.07, 6.45) is 2.75. The summed E-state index contributed by atoms with van der Waals surface area (Å²) in [6, 6.07) is 10.0. The van der Waals surface area contributed by atoms with Crippen molar-refractivity contribution >= 4 is 33.5 Å². The monoisotopic (exact) mass is 479 g/mol. The summed E-state index contributed by atoms with van der Waals surface area (Å²) in [6.45, 7) is 7.46. The number of carbonyl (C=O) groups excluding carboxylic acids is 1. The van der Waals surface area contributed by atoms with Gasteiger partial charge in [-0.2, -0.15) is 0 Å². The second-order valence-electron chi connectivity index (χ2n) is 8.19. The van der Waals surface area contributed by atoms with E-state index in [1.807, 2.05) is 17.2 Å². The van der Waals surface area contributed by atoms with Crippen molar-refractivity contribution < 1.29 is 4.79 Å². The van der Waals surface area contributed by atoms with E-state index in [1.54, 1.807) is 16.7 Å². The molecule has 0 atom stereocenters. The molecule has 1 fully saturated rings. The lowest BCUT2D eigenvalue weighted by molar-refractivity contribution is 0.0631. The van der Waals surface area contributed by atoms with Crippen LogP contribution >= 0.6 is 22.7 Å². The zero-order valence-electron chi connectivity index (χ0n) is 18.7. The molecule has 0 spiro atoms. The van der Waals surface area contributed by atoms with Gasteiger partial charge in [-0.1, -0.05) is 31.2 Å². The summed E-state index contributed by atoms with van der Waals surface area (Å²) >= 11 is 2.93. The van der Waals surface area contributed by atoms with Crippen LogP contribution in [0.3, 0.4) is 0 Å². The first-order valence-corrected chi connectivity index (χ1v) is 12.8. The average molecular weight is 480 g/mol. The third-order valence-electron chi connectivity index (χ3n) is 6.00. The summed E-state index contributed by atoms with van der Waals surface area (Å²) < 4.78 is 1.56. The molecule has 1 aliphatic heterocycles. The number of benzene rings is 1. The molecule has 0 N–H and O–H groups in total. The van der Waals surface area contributed by atoms with Gasteiger partial charge in [-0.3, -0.25) is 18.9 Å². The van der Waals surface area contributed by atoms with Crippen molar-refractivity contribution in [2.75, 3.05) is 26.2 Å². The fourth-order valence-electron chi connectivity index (χ4n) is 4.05. The zero-order valence-corrected chi connectivity index (χ0v) is 20.3. The molecule has 0 aliphatic carbocycles. The maximum Gasteiger partial charge on any atom is 0.265 e. The van der Waals surface area contributed by atoms with E-state index in [0.29, 0.717) is 24.6 Å². The first-order valence-electron chi connectivity index (χ1n) is 11.1. The summed E-state index contributed by atoms with van der Waals surface area (Å²) in [5.41, 5.74) is 3.85. The van der Waals surface area contributed by atoms with Gasteiger partial charge in [-0.15, -0.1) is 22.7 Å². The van der Waals surface area contributed by atoms with Crippen LogP contribution < -0.4 is 5.56 Å². The van der Waals surface area contributed by atoms with Gasteiger partial charge < -0.3 is 4.90 Å². The van der Waals surface area contributed by atoms with Crippen LogP contribution in [-0.2, 0) is 13.0 Å². The Bertz CT molecular complexity index is 1350. The van der Waals surface area contributed by atoms with Crippen LogP contribution in [0.4, 0.5) is 0 Å². The molecule has 0 bridgehead atoms. The first-order chi connectivity index (χ1) is 16.0. The van der Waals surface area contributed by atoms with Crippen molar-refractivity contribution in [1.29, 1.82) is 0 Å². The van der Waals surface area contributed by atoms with Crippen LogP contribution in [-0.4, -0.2) is 56.3 Å². The molecule has 1 amide bonds. The number of rotatable bonds is 5. The summed E-state index contributed by atoms with van der Waals surface area (Å²) in [4.78, 5) is 40.3. The van der Waals surface area contributed by atoms with E-state index in [1.165, 1.54) is 28.2 Å². The van der Waals surface area contributed by atoms with Crippen LogP contribution in [0.5, 0.6) is 0 Å². The van der Waals surface area contributed by atoms with Gasteiger partial charge in [0.1, 0.15) is 9.88 Å². The topological polar surface area (TPSA) is 70.8 Å². The Balaban J connectivity index is 1.24. The van der Waals surface area contributed by atoms with Crippen molar-refractivity contribution in [1.82, 2.24) is 24.2 Å². The third-order valence-corrected chi connectivity index (χ3v) is 7.95. The van der Waals surface area contributed by atoms with Gasteiger partial charge in [0.2, 0.25) is 0 Å². The van der Waals surface area contributed by atoms with Gasteiger partial charge in [-0.05, 0) is 18.9 Å². The van der Waals surface area contributed by atoms with Gasteiger partial charge in [-0.25, -0.2) is 9.97 Å². The zero-order chi connectivity index (χ0) is 22.9. The number of piperazine rings is 1. The van der Waals surface area contributed by atoms with Gasteiger partial charge in [0.15, 0.2) is 4.96 Å². The normalized spacial score (nSPS) is 14.8. The number of fused-ring (bicyclic) bond motifs is 1. The second-order valence-corrected chi connectivity index (χ2v) is 10.1. The van der Waals surface area contributed by atoms with Crippen molar-refractivity contribution in [3.8, 4) is 10.6 Å². The van der Waals surface area contributed by atoms with E-state index in [4.69, 9.17) is 0 Å². The van der Waals surface area contributed by atoms with E-state index in [-0.39, 0.29) is 11.5 Å². The molecule has 0 saturated carbocycles. The van der Waals surface area contributed by atoms with Crippen LogP contribution in [0.25, 0.3) is 15.5 Å². The van der Waals surface area contributed by atoms with Gasteiger partial charge in [0.05, 0.1) is 11.4 Å². The predicted molar refractivity (Wildman–Crippen MR) is 132 cm³/mol. The number of carbonyl (C=O) groups is 1. The molecule has 1 saturated heterocycles. The van der Waals surface area contributed by atoms with Gasteiger partial charge in [0.25, 0.3) is 11.5 Å². The standard InChI is InChI=1S/C24H25N5O2S2/c1-3-17-4-6-18(7-5-17)22-25-16(2)21(33-22)23(31)28-10-8-27(9-11-28)15-19-14-20(30)29-12-13-32-24(29)26-19/h4-7,12-14H,3,8-11,15H2,1-2H3. The first kappa shape index (κ1) is 21.9. The smallest absolute Gasteiger partial charge is 0.265 e. The third kappa shape index (κ3) is 4.48. The Kier molecular flexibility index (Phi) is 6.09. The Morgan fingerprint density at radius 3 is 2.58 bits per heavy atom. The number of aryl methyl sites for hydroxylation is 2. The van der Waals surface area contributed by atoms with Crippen molar-refractivity contribution in [3.63, 3.8) is 0 Å². The molecule has 4 heterocycles. The molecule has 3 aromatic heterocycles. The number of nitrogens with zero attached hydrogens (tertiary/aromatic N) is 5. The second kappa shape index (κ2) is 9.17. The molecule has 1 aliphatic rings. The van der Waals surface area contributed by atoms with E-state index in [0.717, 1.165) is 46.3 Å². The van der Waals surface area contributed by atoms with Crippen molar-refractivity contribution in [3.05, 3.63) is 74.1 Å². The van der Waals surface area contributed by atoms with Crippen molar-refractivity contribution in [2.45, 2.75) is 26.8 Å². The molecule has 170 valence electrons. The number of thiazole rings is 2. The SMILES string of the molecule is CCc1ccc(-c2nc(C)c(C(=O)N3CCN(Cc4cc(=O)n5ccsc5n4)CC3)s2)cc1. The van der Waals surface area contributed by atoms with E-state index in [9.17, 15) is 9.59 Å². The molecular weight excluding hydrogens is 454 g/mol. The highest BCUT2D eigenvalue weighted by Gasteiger charge is 2.26. The van der Waals surface area contributed by atoms with E-state index < -0.39 is 0 Å². The maximum atomic E-state index is 13.2. The fourth-order valence-corrected chi connectivity index (χ4v) is 5.83. The molecule has 5 rings (SSSR count). The highest BCUT2D eigenvalue weighted by Crippen LogP contribution is 2.29. The molecule has 1 aromatic carbocycles. The van der Waals surface area contributed by atoms with Crippen LogP contribution in [0, 0.1) is 6.92 Å². The highest BCUT2D eigenvalue weighted by atomic mass is 32.1. The number of amides is 1. The van der Waals surface area contributed by atoms with E-state index >= 15 is 0 Å². The lowest BCUT2D eigenvalue weighted by atomic mass is 10.1. The van der Waals surface area contributed by atoms with E-state index in [2.05, 4.69) is 46.1 Å². The van der Waals surface area contributed by atoms with Crippen LogP contribution in [0.15, 0.2) is 46.7 Å². The minimum Gasteiger partial charge on any atom is -0.335 e. The Morgan fingerprint density at radius 2 is 1.85 bits per heavy atom. The number of hydrogen-bond acceptors (Lipinski definition) is 7. The molecule has 33 heavy (non-hydrogen) atoms. The summed E-state index contributed by atoms with van der Waals surface area (Å²) in [5, 5.41) is 2.75. The number of hydrogen-bond donors (Lipinski definition) is 0. The maximum absolute atomic E-state index is 13.2. The molecule has 0 unspecified atom stereocenters. The lowest BCUT2D eigenvalue weighted by Gasteiger charge is -2.34. The summed E-state index contributed by atoms with van der Waals surface area (Å²) in [5.74, 6) is 0.0532. The van der Waals surface area contributed by atoms with Gasteiger partial charge >= 0.3 is 0 Å². The molecule has 4 aromatic rings.